The molecule has 0 aliphatic carbocycles. The summed E-state index contributed by atoms with van der Waals surface area (Å²) in [5.41, 5.74) is 2.59. The van der Waals surface area contributed by atoms with Crippen LogP contribution in [0, 0.1) is 0 Å². The summed E-state index contributed by atoms with van der Waals surface area (Å²) in [4.78, 5) is 13.8. The lowest BCUT2D eigenvalue weighted by Gasteiger charge is -2.31. The Balaban J connectivity index is 1.64. The van der Waals surface area contributed by atoms with Crippen molar-refractivity contribution < 1.29 is 14.1 Å². The van der Waals surface area contributed by atoms with Crippen molar-refractivity contribution >= 4 is 21.7 Å². The van der Waals surface area contributed by atoms with Gasteiger partial charge < -0.3 is 9.15 Å². The zero-order chi connectivity index (χ0) is 18.4. The van der Waals surface area contributed by atoms with E-state index in [9.17, 15) is 4.79 Å². The van der Waals surface area contributed by atoms with E-state index in [1.807, 2.05) is 42.5 Å². The molecule has 0 fully saturated rings. The van der Waals surface area contributed by atoms with Gasteiger partial charge in [-0.15, -0.1) is 0 Å². The summed E-state index contributed by atoms with van der Waals surface area (Å²) in [6, 6.07) is 22.3. The molecule has 5 rings (SSSR count). The van der Waals surface area contributed by atoms with E-state index in [0.29, 0.717) is 17.7 Å². The third kappa shape index (κ3) is 2.61. The van der Waals surface area contributed by atoms with Crippen LogP contribution in [0.1, 0.15) is 24.1 Å². The predicted molar refractivity (Wildman–Crippen MR) is 105 cm³/mol. The summed E-state index contributed by atoms with van der Waals surface area (Å²) in [7, 11) is 0. The standard InChI is InChI=1S/C23H19NO3/c1-15(16-7-3-2-4-8-16)24-13-20-21(26-14-24)12-11-18-17-9-5-6-10-19(17)23(25)27-22(18)20/h2-12,15H,13-14H2,1H3/p+1/t15-/m0/s1. The van der Waals surface area contributed by atoms with Crippen molar-refractivity contribution in [3.05, 3.63) is 88.3 Å². The summed E-state index contributed by atoms with van der Waals surface area (Å²) in [6.07, 6.45) is 0. The van der Waals surface area contributed by atoms with Crippen LogP contribution in [0.25, 0.3) is 21.7 Å². The van der Waals surface area contributed by atoms with Crippen molar-refractivity contribution in [1.29, 1.82) is 0 Å². The van der Waals surface area contributed by atoms with Gasteiger partial charge in [-0.25, -0.2) is 4.79 Å². The molecule has 1 aliphatic rings. The number of fused-ring (bicyclic) bond motifs is 5. The molecular weight excluding hydrogens is 338 g/mol. The number of nitrogens with one attached hydrogen (secondary N) is 1. The van der Waals surface area contributed by atoms with Crippen molar-refractivity contribution in [1.82, 2.24) is 0 Å². The Bertz CT molecular complexity index is 1200. The Hall–Kier alpha value is -3.11. The molecule has 0 saturated carbocycles. The Morgan fingerprint density at radius 2 is 1.63 bits per heavy atom. The minimum absolute atomic E-state index is 0.279. The van der Waals surface area contributed by atoms with Crippen LogP contribution in [0.15, 0.2) is 75.9 Å². The molecule has 0 bridgehead atoms. The Morgan fingerprint density at radius 1 is 0.889 bits per heavy atom. The molecule has 0 saturated heterocycles. The van der Waals surface area contributed by atoms with Crippen LogP contribution >= 0.6 is 0 Å². The van der Waals surface area contributed by atoms with Gasteiger partial charge in [0.1, 0.15) is 18.3 Å². The van der Waals surface area contributed by atoms with Crippen molar-refractivity contribution in [2.75, 3.05) is 6.73 Å². The van der Waals surface area contributed by atoms with Gasteiger partial charge >= 0.3 is 5.63 Å². The van der Waals surface area contributed by atoms with Gasteiger partial charge in [0.2, 0.25) is 6.73 Å². The number of benzene rings is 3. The highest BCUT2D eigenvalue weighted by Crippen LogP contribution is 2.32. The topological polar surface area (TPSA) is 43.9 Å². The van der Waals surface area contributed by atoms with E-state index < -0.39 is 0 Å². The lowest BCUT2D eigenvalue weighted by molar-refractivity contribution is -0.960. The van der Waals surface area contributed by atoms with Gasteiger partial charge in [-0.05, 0) is 30.5 Å². The summed E-state index contributed by atoms with van der Waals surface area (Å²) >= 11 is 0. The Labute approximate surface area is 156 Å². The minimum Gasteiger partial charge on any atom is -0.445 e. The Morgan fingerprint density at radius 3 is 2.44 bits per heavy atom. The van der Waals surface area contributed by atoms with E-state index in [-0.39, 0.29) is 11.7 Å². The lowest BCUT2D eigenvalue weighted by atomic mass is 10.0. The highest BCUT2D eigenvalue weighted by molar-refractivity contribution is 6.05. The number of quaternary nitrogens is 1. The van der Waals surface area contributed by atoms with Crippen molar-refractivity contribution in [3.63, 3.8) is 0 Å². The first-order valence-electron chi connectivity index (χ1n) is 9.22. The van der Waals surface area contributed by atoms with Crippen LogP contribution in [-0.2, 0) is 6.54 Å². The molecule has 134 valence electrons. The molecule has 0 radical (unpaired) electrons. The maximum absolute atomic E-state index is 12.5. The molecular formula is C23H20NO3+. The summed E-state index contributed by atoms with van der Waals surface area (Å²) in [6.45, 7) is 3.55. The zero-order valence-corrected chi connectivity index (χ0v) is 15.1. The van der Waals surface area contributed by atoms with E-state index in [4.69, 9.17) is 9.15 Å². The Kier molecular flexibility index (Phi) is 3.73. The van der Waals surface area contributed by atoms with E-state index in [1.54, 1.807) is 0 Å². The average molecular weight is 358 g/mol. The average Bonchev–Trinajstić information content (AvgIpc) is 2.73. The summed E-state index contributed by atoms with van der Waals surface area (Å²) in [5.74, 6) is 0.810. The third-order valence-electron chi connectivity index (χ3n) is 5.58. The molecule has 0 spiro atoms. The highest BCUT2D eigenvalue weighted by Gasteiger charge is 2.29. The van der Waals surface area contributed by atoms with Crippen LogP contribution in [0.2, 0.25) is 0 Å². The molecule has 4 nitrogen and oxygen atoms in total. The molecule has 1 unspecified atom stereocenters. The van der Waals surface area contributed by atoms with Crippen molar-refractivity contribution in [2.45, 2.75) is 19.5 Å². The van der Waals surface area contributed by atoms with Gasteiger partial charge in [-0.2, -0.15) is 0 Å². The van der Waals surface area contributed by atoms with Gasteiger partial charge in [-0.1, -0.05) is 48.5 Å². The van der Waals surface area contributed by atoms with Gasteiger partial charge in [0.15, 0.2) is 5.58 Å². The molecule has 3 aromatic carbocycles. The van der Waals surface area contributed by atoms with E-state index in [1.165, 1.54) is 10.5 Å². The van der Waals surface area contributed by atoms with Crippen LogP contribution in [0.5, 0.6) is 5.75 Å². The van der Waals surface area contributed by atoms with E-state index in [0.717, 1.165) is 28.6 Å². The molecule has 2 atom stereocenters. The van der Waals surface area contributed by atoms with Crippen molar-refractivity contribution in [3.8, 4) is 5.75 Å². The number of rotatable bonds is 2. The van der Waals surface area contributed by atoms with Gasteiger partial charge in [0, 0.05) is 10.9 Å². The number of ether oxygens (including phenoxy) is 1. The first-order chi connectivity index (χ1) is 13.2. The largest absolute Gasteiger partial charge is 0.445 e. The second kappa shape index (κ2) is 6.25. The SMILES string of the molecule is C[C@@H](c1ccccc1)[NH+]1COc2ccc3c(oc(=O)c4ccccc43)c2C1. The minimum atomic E-state index is -0.297. The quantitative estimate of drug-likeness (QED) is 0.441. The third-order valence-corrected chi connectivity index (χ3v) is 5.58. The molecule has 0 amide bonds. The fourth-order valence-electron chi connectivity index (χ4n) is 3.99. The van der Waals surface area contributed by atoms with Crippen LogP contribution in [0.3, 0.4) is 0 Å². The fraction of sp³-hybridized carbons (Fsp3) is 0.174. The van der Waals surface area contributed by atoms with Crippen molar-refractivity contribution in [2.24, 2.45) is 0 Å². The van der Waals surface area contributed by atoms with Gasteiger partial charge in [0.05, 0.1) is 10.9 Å². The maximum Gasteiger partial charge on any atom is 0.344 e. The number of hydrogen-bond acceptors (Lipinski definition) is 3. The summed E-state index contributed by atoms with van der Waals surface area (Å²) in [5, 5.41) is 2.50. The van der Waals surface area contributed by atoms with Crippen LogP contribution in [0.4, 0.5) is 0 Å². The zero-order valence-electron chi connectivity index (χ0n) is 15.1. The lowest BCUT2D eigenvalue weighted by Crippen LogP contribution is -3.12. The van der Waals surface area contributed by atoms with Crippen LogP contribution in [-0.4, -0.2) is 6.73 Å². The molecule has 2 heterocycles. The fourth-order valence-corrected chi connectivity index (χ4v) is 3.99. The summed E-state index contributed by atoms with van der Waals surface area (Å²) < 4.78 is 11.8. The maximum atomic E-state index is 12.5. The molecule has 27 heavy (non-hydrogen) atoms. The van der Waals surface area contributed by atoms with Gasteiger partial charge in [0.25, 0.3) is 0 Å². The first kappa shape index (κ1) is 16.1. The van der Waals surface area contributed by atoms with E-state index in [2.05, 4.69) is 31.2 Å². The smallest absolute Gasteiger partial charge is 0.344 e. The van der Waals surface area contributed by atoms with E-state index >= 15 is 0 Å². The molecule has 4 aromatic rings. The molecule has 1 aliphatic heterocycles. The second-order valence-electron chi connectivity index (χ2n) is 7.11. The van der Waals surface area contributed by atoms with Crippen LogP contribution < -0.4 is 15.3 Å². The molecule has 1 aromatic heterocycles. The monoisotopic (exact) mass is 358 g/mol. The molecule has 4 heteroatoms. The molecule has 1 N–H and O–H groups in total. The normalized spacial score (nSPS) is 17.4. The highest BCUT2D eigenvalue weighted by atomic mass is 16.5. The predicted octanol–water partition coefficient (Wildman–Crippen LogP) is 3.44. The second-order valence-corrected chi connectivity index (χ2v) is 7.11. The van der Waals surface area contributed by atoms with Gasteiger partial charge in [-0.3, -0.25) is 4.90 Å². The number of hydrogen-bond donors (Lipinski definition) is 1. The first-order valence-corrected chi connectivity index (χ1v) is 9.22.